The van der Waals surface area contributed by atoms with E-state index >= 15 is 0 Å². The number of nitrogens with zero attached hydrogens (tertiary/aromatic N) is 3. The topological polar surface area (TPSA) is 97.2 Å². The second-order valence-electron chi connectivity index (χ2n) is 7.24. The summed E-state index contributed by atoms with van der Waals surface area (Å²) in [7, 11) is 0. The first-order chi connectivity index (χ1) is 14.9. The molecule has 0 saturated carbocycles. The number of nitrogens with one attached hydrogen (secondary N) is 5. The van der Waals surface area contributed by atoms with Gasteiger partial charge in [-0.3, -0.25) is 16.1 Å². The van der Waals surface area contributed by atoms with Gasteiger partial charge in [0.25, 0.3) is 0 Å². The Kier molecular flexibility index (Phi) is 5.24. The molecule has 0 atom stereocenters. The Hall–Kier alpha value is -3.49. The molecule has 30 heavy (non-hydrogen) atoms. The van der Waals surface area contributed by atoms with Crippen LogP contribution in [0.5, 0.6) is 0 Å². The monoisotopic (exact) mass is 400 g/mol. The molecule has 5 N–H and O–H groups in total. The molecule has 1 saturated heterocycles. The van der Waals surface area contributed by atoms with Gasteiger partial charge in [-0.05, 0) is 33.7 Å². The first-order valence-corrected chi connectivity index (χ1v) is 10.2. The fourth-order valence-corrected chi connectivity index (χ4v) is 3.72. The summed E-state index contributed by atoms with van der Waals surface area (Å²) in [5.74, 6) is 0.713. The Morgan fingerprint density at radius 1 is 0.867 bits per heavy atom. The van der Waals surface area contributed by atoms with Crippen LogP contribution in [0, 0.1) is 0 Å². The van der Waals surface area contributed by atoms with E-state index in [2.05, 4.69) is 90.5 Å². The Balaban J connectivity index is 1.49. The lowest BCUT2D eigenvalue weighted by Gasteiger charge is -2.11. The third kappa shape index (κ3) is 3.96. The van der Waals surface area contributed by atoms with E-state index in [0.717, 1.165) is 48.1 Å². The summed E-state index contributed by atoms with van der Waals surface area (Å²) >= 11 is 0. The molecular weight excluding hydrogens is 376 g/mol. The lowest BCUT2D eigenvalue weighted by Crippen LogP contribution is -2.42. The molecule has 0 radical (unpaired) electrons. The molecule has 0 aliphatic carbocycles. The summed E-state index contributed by atoms with van der Waals surface area (Å²) in [4.78, 5) is 4.30. The maximum Gasteiger partial charge on any atom is 0.212 e. The number of hydrogen-bond donors (Lipinski definition) is 5. The van der Waals surface area contributed by atoms with Crippen molar-refractivity contribution in [3.05, 3.63) is 59.7 Å². The molecule has 2 heterocycles. The number of benzene rings is 3. The van der Waals surface area contributed by atoms with Gasteiger partial charge in [0.15, 0.2) is 0 Å². The zero-order valence-electron chi connectivity index (χ0n) is 16.5. The first kappa shape index (κ1) is 18.5. The Labute approximate surface area is 174 Å². The van der Waals surface area contributed by atoms with Crippen LogP contribution in [0.1, 0.15) is 11.1 Å². The number of hydrogen-bond acceptors (Lipinski definition) is 8. The molecule has 8 nitrogen and oxygen atoms in total. The fraction of sp³-hybridized carbons (Fsp3) is 0.227. The Bertz CT molecular complexity index is 1140. The first-order valence-electron chi connectivity index (χ1n) is 10.2. The van der Waals surface area contributed by atoms with Gasteiger partial charge < -0.3 is 5.32 Å². The van der Waals surface area contributed by atoms with Crippen molar-refractivity contribution in [3.63, 3.8) is 0 Å². The van der Waals surface area contributed by atoms with E-state index in [1.165, 1.54) is 10.8 Å². The van der Waals surface area contributed by atoms with E-state index < -0.39 is 0 Å². The highest BCUT2D eigenvalue weighted by Gasteiger charge is 2.11. The van der Waals surface area contributed by atoms with E-state index in [4.69, 9.17) is 0 Å². The van der Waals surface area contributed by atoms with Crippen molar-refractivity contribution in [1.82, 2.24) is 26.8 Å². The van der Waals surface area contributed by atoms with Crippen molar-refractivity contribution >= 4 is 39.9 Å². The molecule has 0 amide bonds. The molecule has 2 aliphatic rings. The van der Waals surface area contributed by atoms with Gasteiger partial charge in [-0.1, -0.05) is 36.4 Å². The van der Waals surface area contributed by atoms with Crippen LogP contribution in [0.25, 0.3) is 21.5 Å². The number of hydrazone groups is 2. The minimum atomic E-state index is 0.0120. The van der Waals surface area contributed by atoms with Crippen molar-refractivity contribution in [1.29, 1.82) is 0 Å². The van der Waals surface area contributed by atoms with Crippen molar-refractivity contribution in [2.45, 2.75) is 6.29 Å². The largest absolute Gasteiger partial charge is 0.353 e. The number of rotatable bonds is 5. The molecule has 2 aliphatic heterocycles. The summed E-state index contributed by atoms with van der Waals surface area (Å²) in [6.45, 7) is 3.50. The predicted molar refractivity (Wildman–Crippen MR) is 123 cm³/mol. The van der Waals surface area contributed by atoms with Crippen molar-refractivity contribution in [2.24, 2.45) is 15.2 Å². The standard InChI is InChI=1S/C22H24N8/c1-2-4-16-12-20-18(14-28-30-22-25-9-10-26-22)6-5-17(19(20)11-15(16)3-1)13-27-29-21-23-7-8-24-21/h1-6,11-14,21,23-24,29H,7-10H2,(H2,25,26,30)/b27-13+,28-14+. The zero-order chi connectivity index (χ0) is 20.2. The third-order valence-electron chi connectivity index (χ3n) is 5.23. The van der Waals surface area contributed by atoms with Crippen LogP contribution in [0.2, 0.25) is 0 Å². The molecule has 3 aromatic rings. The molecule has 5 rings (SSSR count). The van der Waals surface area contributed by atoms with Crippen molar-refractivity contribution in [3.8, 4) is 0 Å². The quantitative estimate of drug-likeness (QED) is 0.253. The van der Waals surface area contributed by atoms with E-state index in [1.807, 2.05) is 12.4 Å². The number of fused-ring (bicyclic) bond motifs is 2. The van der Waals surface area contributed by atoms with Crippen LogP contribution < -0.4 is 26.8 Å². The molecule has 152 valence electrons. The highest BCUT2D eigenvalue weighted by atomic mass is 15.5. The minimum absolute atomic E-state index is 0.0120. The third-order valence-corrected chi connectivity index (χ3v) is 5.23. The van der Waals surface area contributed by atoms with Crippen LogP contribution in [-0.2, 0) is 0 Å². The summed E-state index contributed by atoms with van der Waals surface area (Å²) in [6.07, 6.45) is 3.72. The lowest BCUT2D eigenvalue weighted by molar-refractivity contribution is 0.461. The van der Waals surface area contributed by atoms with Crippen LogP contribution in [0.4, 0.5) is 0 Å². The average Bonchev–Trinajstić information content (AvgIpc) is 3.48. The minimum Gasteiger partial charge on any atom is -0.353 e. The van der Waals surface area contributed by atoms with Crippen LogP contribution in [0.15, 0.2) is 63.7 Å². The molecule has 8 heteroatoms. The smallest absolute Gasteiger partial charge is 0.212 e. The van der Waals surface area contributed by atoms with Gasteiger partial charge >= 0.3 is 0 Å². The van der Waals surface area contributed by atoms with E-state index in [1.54, 1.807) is 0 Å². The summed E-state index contributed by atoms with van der Waals surface area (Å²) in [5.41, 5.74) is 8.16. The average molecular weight is 400 g/mol. The van der Waals surface area contributed by atoms with Gasteiger partial charge in [0.2, 0.25) is 5.96 Å². The predicted octanol–water partition coefficient (Wildman–Crippen LogP) is 1.28. The van der Waals surface area contributed by atoms with Gasteiger partial charge in [-0.15, -0.1) is 0 Å². The van der Waals surface area contributed by atoms with E-state index in [9.17, 15) is 0 Å². The fourth-order valence-electron chi connectivity index (χ4n) is 3.72. The lowest BCUT2D eigenvalue weighted by atomic mass is 9.96. The number of aliphatic imine (C=N–C) groups is 1. The second-order valence-corrected chi connectivity index (χ2v) is 7.24. The maximum absolute atomic E-state index is 4.43. The molecule has 0 unspecified atom stereocenters. The molecule has 0 spiro atoms. The molecule has 0 aromatic heterocycles. The van der Waals surface area contributed by atoms with E-state index in [-0.39, 0.29) is 6.29 Å². The van der Waals surface area contributed by atoms with Crippen LogP contribution in [0.3, 0.4) is 0 Å². The van der Waals surface area contributed by atoms with Crippen LogP contribution >= 0.6 is 0 Å². The van der Waals surface area contributed by atoms with Gasteiger partial charge in [-0.25, -0.2) is 10.4 Å². The highest BCUT2D eigenvalue weighted by molar-refractivity contribution is 6.11. The summed E-state index contributed by atoms with van der Waals surface area (Å²) < 4.78 is 0. The van der Waals surface area contributed by atoms with Crippen molar-refractivity contribution in [2.75, 3.05) is 26.2 Å². The Morgan fingerprint density at radius 2 is 1.53 bits per heavy atom. The normalized spacial score (nSPS) is 17.3. The molecule has 3 aromatic carbocycles. The SMILES string of the molecule is C(=N\NC1=NCCN1)/c1ccc(/C=N/NC2NCCN2)c2cc3ccccc3cc12. The van der Waals surface area contributed by atoms with Gasteiger partial charge in [0.1, 0.15) is 6.29 Å². The maximum atomic E-state index is 4.43. The zero-order valence-corrected chi connectivity index (χ0v) is 16.5. The Morgan fingerprint density at radius 3 is 2.17 bits per heavy atom. The van der Waals surface area contributed by atoms with Gasteiger partial charge in [0, 0.05) is 30.8 Å². The molecule has 1 fully saturated rings. The number of guanidine groups is 1. The second kappa shape index (κ2) is 8.48. The molecule has 0 bridgehead atoms. The molecular formula is C22H24N8. The summed E-state index contributed by atoms with van der Waals surface area (Å²) in [6, 6.07) is 16.9. The van der Waals surface area contributed by atoms with E-state index in [0.29, 0.717) is 5.96 Å². The van der Waals surface area contributed by atoms with Gasteiger partial charge in [0.05, 0.1) is 19.0 Å². The van der Waals surface area contributed by atoms with Crippen molar-refractivity contribution < 1.29 is 0 Å². The summed E-state index contributed by atoms with van der Waals surface area (Å²) in [5, 5.41) is 23.2. The van der Waals surface area contributed by atoms with Gasteiger partial charge in [-0.2, -0.15) is 10.2 Å². The highest BCUT2D eigenvalue weighted by Crippen LogP contribution is 2.27. The van der Waals surface area contributed by atoms with Crippen LogP contribution in [-0.4, -0.2) is 50.9 Å².